The molecule has 106 valence electrons. The Kier molecular flexibility index (Phi) is 3.88. The van der Waals surface area contributed by atoms with E-state index in [1.807, 2.05) is 55.5 Å². The summed E-state index contributed by atoms with van der Waals surface area (Å²) in [5.74, 6) is 1.14. The Labute approximate surface area is 127 Å². The smallest absolute Gasteiger partial charge is 0.246 e. The highest BCUT2D eigenvalue weighted by Crippen LogP contribution is 2.17. The number of halogens is 1. The van der Waals surface area contributed by atoms with Crippen molar-refractivity contribution in [3.8, 4) is 11.4 Å². The minimum absolute atomic E-state index is 0.473. The summed E-state index contributed by atoms with van der Waals surface area (Å²) in [7, 11) is 0. The van der Waals surface area contributed by atoms with E-state index in [1.54, 1.807) is 0 Å². The van der Waals surface area contributed by atoms with Gasteiger partial charge in [-0.2, -0.15) is 4.98 Å². The molecule has 1 heterocycles. The van der Waals surface area contributed by atoms with Crippen molar-refractivity contribution in [1.82, 2.24) is 10.1 Å². The van der Waals surface area contributed by atoms with Crippen LogP contribution in [0.4, 0.5) is 5.69 Å². The second-order valence-electron chi connectivity index (χ2n) is 4.74. The molecule has 0 aliphatic carbocycles. The molecule has 0 unspecified atom stereocenters. The number of hydrogen-bond donors (Lipinski definition) is 1. The molecule has 3 aromatic rings. The molecular weight excluding hydrogens is 286 g/mol. The zero-order chi connectivity index (χ0) is 14.7. The van der Waals surface area contributed by atoms with Crippen molar-refractivity contribution in [1.29, 1.82) is 0 Å². The molecule has 21 heavy (non-hydrogen) atoms. The Bertz CT molecular complexity index is 720. The molecule has 0 aliphatic rings. The fraction of sp³-hybridized carbons (Fsp3) is 0.125. The SMILES string of the molecule is Cc1ccc(-c2noc(CNc3ccc(Cl)cc3)n2)cc1. The Hall–Kier alpha value is -2.33. The first-order valence-electron chi connectivity index (χ1n) is 6.60. The molecule has 0 saturated heterocycles. The minimum atomic E-state index is 0.473. The van der Waals surface area contributed by atoms with Gasteiger partial charge in [-0.1, -0.05) is 46.6 Å². The monoisotopic (exact) mass is 299 g/mol. The Morgan fingerprint density at radius 1 is 1.05 bits per heavy atom. The minimum Gasteiger partial charge on any atom is -0.376 e. The van der Waals surface area contributed by atoms with Crippen LogP contribution in [0.2, 0.25) is 5.02 Å². The summed E-state index contributed by atoms with van der Waals surface area (Å²) >= 11 is 5.84. The van der Waals surface area contributed by atoms with Gasteiger partial charge in [-0.25, -0.2) is 0 Å². The van der Waals surface area contributed by atoms with E-state index in [1.165, 1.54) is 5.56 Å². The number of nitrogens with zero attached hydrogens (tertiary/aromatic N) is 2. The molecule has 4 nitrogen and oxygen atoms in total. The average molecular weight is 300 g/mol. The molecule has 0 bridgehead atoms. The van der Waals surface area contributed by atoms with Crippen LogP contribution in [0.1, 0.15) is 11.5 Å². The normalized spacial score (nSPS) is 10.6. The van der Waals surface area contributed by atoms with Crippen LogP contribution in [0, 0.1) is 6.92 Å². The fourth-order valence-electron chi connectivity index (χ4n) is 1.89. The van der Waals surface area contributed by atoms with E-state index in [9.17, 15) is 0 Å². The van der Waals surface area contributed by atoms with Crippen LogP contribution < -0.4 is 5.32 Å². The zero-order valence-electron chi connectivity index (χ0n) is 11.5. The van der Waals surface area contributed by atoms with Gasteiger partial charge in [-0.05, 0) is 31.2 Å². The lowest BCUT2D eigenvalue weighted by atomic mass is 10.1. The first kappa shape index (κ1) is 13.6. The largest absolute Gasteiger partial charge is 0.376 e. The summed E-state index contributed by atoms with van der Waals surface area (Å²) < 4.78 is 5.25. The summed E-state index contributed by atoms with van der Waals surface area (Å²) in [6.07, 6.45) is 0. The van der Waals surface area contributed by atoms with Crippen LogP contribution in [0.5, 0.6) is 0 Å². The van der Waals surface area contributed by atoms with E-state index in [0.717, 1.165) is 11.3 Å². The third kappa shape index (κ3) is 3.41. The highest BCUT2D eigenvalue weighted by molar-refractivity contribution is 6.30. The molecule has 0 aliphatic heterocycles. The summed E-state index contributed by atoms with van der Waals surface area (Å²) in [5.41, 5.74) is 3.10. The van der Waals surface area contributed by atoms with Crippen LogP contribution >= 0.6 is 11.6 Å². The first-order chi connectivity index (χ1) is 10.2. The molecule has 3 rings (SSSR count). The van der Waals surface area contributed by atoms with E-state index in [0.29, 0.717) is 23.3 Å². The molecular formula is C16H14ClN3O. The van der Waals surface area contributed by atoms with Crippen molar-refractivity contribution < 1.29 is 4.52 Å². The van der Waals surface area contributed by atoms with Gasteiger partial charge in [-0.3, -0.25) is 0 Å². The molecule has 2 aromatic carbocycles. The fourth-order valence-corrected chi connectivity index (χ4v) is 2.02. The van der Waals surface area contributed by atoms with E-state index in [-0.39, 0.29) is 0 Å². The summed E-state index contributed by atoms with van der Waals surface area (Å²) in [4.78, 5) is 4.38. The molecule has 1 aromatic heterocycles. The third-order valence-corrected chi connectivity index (χ3v) is 3.32. The lowest BCUT2D eigenvalue weighted by molar-refractivity contribution is 0.384. The van der Waals surface area contributed by atoms with Gasteiger partial charge in [0.25, 0.3) is 0 Å². The van der Waals surface area contributed by atoms with Gasteiger partial charge in [0, 0.05) is 16.3 Å². The van der Waals surface area contributed by atoms with Gasteiger partial charge in [-0.15, -0.1) is 0 Å². The standard InChI is InChI=1S/C16H14ClN3O/c1-11-2-4-12(5-3-11)16-19-15(21-20-16)10-18-14-8-6-13(17)7-9-14/h2-9,18H,10H2,1H3. The molecule has 0 radical (unpaired) electrons. The molecule has 1 N–H and O–H groups in total. The van der Waals surface area contributed by atoms with Gasteiger partial charge >= 0.3 is 0 Å². The van der Waals surface area contributed by atoms with Crippen LogP contribution in [-0.2, 0) is 6.54 Å². The van der Waals surface area contributed by atoms with E-state index in [4.69, 9.17) is 16.1 Å². The number of anilines is 1. The number of benzene rings is 2. The maximum Gasteiger partial charge on any atom is 0.246 e. The van der Waals surface area contributed by atoms with Crippen LogP contribution in [-0.4, -0.2) is 10.1 Å². The van der Waals surface area contributed by atoms with Gasteiger partial charge in [0.05, 0.1) is 6.54 Å². The van der Waals surface area contributed by atoms with E-state index >= 15 is 0 Å². The maximum atomic E-state index is 5.84. The maximum absolute atomic E-state index is 5.84. The Balaban J connectivity index is 1.67. The lowest BCUT2D eigenvalue weighted by Gasteiger charge is -2.02. The molecule has 0 fully saturated rings. The number of nitrogens with one attached hydrogen (secondary N) is 1. The van der Waals surface area contributed by atoms with E-state index in [2.05, 4.69) is 15.5 Å². The van der Waals surface area contributed by atoms with Gasteiger partial charge in [0.15, 0.2) is 0 Å². The second-order valence-corrected chi connectivity index (χ2v) is 5.17. The summed E-state index contributed by atoms with van der Waals surface area (Å²) in [6, 6.07) is 15.5. The highest BCUT2D eigenvalue weighted by atomic mass is 35.5. The number of aryl methyl sites for hydroxylation is 1. The molecule has 5 heteroatoms. The van der Waals surface area contributed by atoms with Crippen LogP contribution in [0.25, 0.3) is 11.4 Å². The Morgan fingerprint density at radius 2 is 1.76 bits per heavy atom. The number of rotatable bonds is 4. The van der Waals surface area contributed by atoms with Crippen molar-refractivity contribution in [3.05, 3.63) is 65.0 Å². The topological polar surface area (TPSA) is 51.0 Å². The van der Waals surface area contributed by atoms with Crippen molar-refractivity contribution in [2.75, 3.05) is 5.32 Å². The molecule has 0 amide bonds. The summed E-state index contributed by atoms with van der Waals surface area (Å²) in [5, 5.41) is 7.91. The number of aromatic nitrogens is 2. The van der Waals surface area contributed by atoms with E-state index < -0.39 is 0 Å². The predicted octanol–water partition coefficient (Wildman–Crippen LogP) is 4.31. The highest BCUT2D eigenvalue weighted by Gasteiger charge is 2.08. The lowest BCUT2D eigenvalue weighted by Crippen LogP contribution is -1.99. The van der Waals surface area contributed by atoms with Crippen LogP contribution in [0.15, 0.2) is 53.1 Å². The zero-order valence-corrected chi connectivity index (χ0v) is 12.3. The predicted molar refractivity (Wildman–Crippen MR) is 83.2 cm³/mol. The van der Waals surface area contributed by atoms with Gasteiger partial charge in [0.1, 0.15) is 0 Å². The molecule has 0 atom stereocenters. The van der Waals surface area contributed by atoms with Crippen molar-refractivity contribution in [2.24, 2.45) is 0 Å². The third-order valence-electron chi connectivity index (χ3n) is 3.07. The second kappa shape index (κ2) is 5.97. The van der Waals surface area contributed by atoms with Crippen molar-refractivity contribution >= 4 is 17.3 Å². The van der Waals surface area contributed by atoms with Gasteiger partial charge in [0.2, 0.25) is 11.7 Å². The number of hydrogen-bond acceptors (Lipinski definition) is 4. The Morgan fingerprint density at radius 3 is 2.48 bits per heavy atom. The molecule has 0 spiro atoms. The average Bonchev–Trinajstić information content (AvgIpc) is 2.96. The first-order valence-corrected chi connectivity index (χ1v) is 6.97. The van der Waals surface area contributed by atoms with Crippen molar-refractivity contribution in [2.45, 2.75) is 13.5 Å². The van der Waals surface area contributed by atoms with Crippen molar-refractivity contribution in [3.63, 3.8) is 0 Å². The van der Waals surface area contributed by atoms with Gasteiger partial charge < -0.3 is 9.84 Å². The quantitative estimate of drug-likeness (QED) is 0.780. The van der Waals surface area contributed by atoms with Crippen LogP contribution in [0.3, 0.4) is 0 Å². The summed E-state index contributed by atoms with van der Waals surface area (Å²) in [6.45, 7) is 2.52. The molecule has 0 saturated carbocycles.